The number of sulfonamides is 1. The van der Waals surface area contributed by atoms with Crippen molar-refractivity contribution in [1.82, 2.24) is 4.72 Å². The molecular formula is C13H22N2O3S. The zero-order chi connectivity index (χ0) is 14.7. The van der Waals surface area contributed by atoms with Gasteiger partial charge in [0.05, 0.1) is 7.11 Å². The van der Waals surface area contributed by atoms with Crippen LogP contribution < -0.4 is 15.2 Å². The number of ether oxygens (including phenoxy) is 1. The molecule has 5 nitrogen and oxygen atoms in total. The lowest BCUT2D eigenvalue weighted by atomic mass is 9.90. The molecule has 108 valence electrons. The van der Waals surface area contributed by atoms with Crippen LogP contribution in [0.2, 0.25) is 0 Å². The molecule has 1 unspecified atom stereocenters. The summed E-state index contributed by atoms with van der Waals surface area (Å²) in [6.45, 7) is 5.87. The first-order chi connectivity index (χ1) is 8.77. The van der Waals surface area contributed by atoms with Gasteiger partial charge in [-0.1, -0.05) is 26.0 Å². The van der Waals surface area contributed by atoms with E-state index >= 15 is 0 Å². The van der Waals surface area contributed by atoms with E-state index in [1.54, 1.807) is 25.1 Å². The lowest BCUT2D eigenvalue weighted by Gasteiger charge is -2.33. The first-order valence-corrected chi connectivity index (χ1v) is 7.62. The van der Waals surface area contributed by atoms with E-state index in [2.05, 4.69) is 4.72 Å². The molecule has 0 saturated heterocycles. The molecule has 0 amide bonds. The molecule has 6 heteroatoms. The van der Waals surface area contributed by atoms with Gasteiger partial charge in [0.1, 0.15) is 10.6 Å². The van der Waals surface area contributed by atoms with Crippen LogP contribution in [0.15, 0.2) is 29.2 Å². The molecule has 0 aliphatic carbocycles. The van der Waals surface area contributed by atoms with Crippen molar-refractivity contribution in [2.24, 2.45) is 11.7 Å². The van der Waals surface area contributed by atoms with Gasteiger partial charge in [0.25, 0.3) is 0 Å². The summed E-state index contributed by atoms with van der Waals surface area (Å²) in [6.07, 6.45) is 0. The second-order valence-electron chi connectivity index (χ2n) is 5.03. The Morgan fingerprint density at radius 1 is 1.37 bits per heavy atom. The number of para-hydroxylation sites is 1. The van der Waals surface area contributed by atoms with Gasteiger partial charge in [-0.2, -0.15) is 0 Å². The molecule has 0 fully saturated rings. The van der Waals surface area contributed by atoms with Crippen molar-refractivity contribution in [3.05, 3.63) is 24.3 Å². The Kier molecular flexibility index (Phi) is 4.95. The molecule has 0 radical (unpaired) electrons. The largest absolute Gasteiger partial charge is 0.495 e. The van der Waals surface area contributed by atoms with Crippen LogP contribution in [0.1, 0.15) is 20.8 Å². The molecule has 0 saturated carbocycles. The molecule has 0 heterocycles. The topological polar surface area (TPSA) is 81.4 Å². The highest BCUT2D eigenvalue weighted by Gasteiger charge is 2.33. The fourth-order valence-electron chi connectivity index (χ4n) is 1.60. The van der Waals surface area contributed by atoms with Crippen LogP contribution in [0.25, 0.3) is 0 Å². The fraction of sp³-hybridized carbons (Fsp3) is 0.538. The van der Waals surface area contributed by atoms with Gasteiger partial charge >= 0.3 is 0 Å². The molecule has 19 heavy (non-hydrogen) atoms. The number of nitrogens with one attached hydrogen (secondary N) is 1. The van der Waals surface area contributed by atoms with Gasteiger partial charge in [-0.15, -0.1) is 0 Å². The number of rotatable bonds is 6. The number of methoxy groups -OCH3 is 1. The zero-order valence-corrected chi connectivity index (χ0v) is 12.6. The van der Waals surface area contributed by atoms with E-state index in [1.165, 1.54) is 13.2 Å². The van der Waals surface area contributed by atoms with Gasteiger partial charge in [-0.25, -0.2) is 13.1 Å². The summed E-state index contributed by atoms with van der Waals surface area (Å²) in [5.74, 6) is 0.389. The normalized spacial score (nSPS) is 15.3. The van der Waals surface area contributed by atoms with Crippen LogP contribution in [-0.2, 0) is 10.0 Å². The van der Waals surface area contributed by atoms with Crippen LogP contribution >= 0.6 is 0 Å². The predicted octanol–water partition coefficient (Wildman–Crippen LogP) is 1.35. The van der Waals surface area contributed by atoms with E-state index in [4.69, 9.17) is 10.5 Å². The molecule has 3 N–H and O–H groups in total. The lowest BCUT2D eigenvalue weighted by molar-refractivity contribution is 0.314. The molecule has 1 atom stereocenters. The maximum atomic E-state index is 12.4. The summed E-state index contributed by atoms with van der Waals surface area (Å²) in [5.41, 5.74) is 5.01. The van der Waals surface area contributed by atoms with E-state index < -0.39 is 15.6 Å². The maximum absolute atomic E-state index is 12.4. The van der Waals surface area contributed by atoms with Gasteiger partial charge in [0, 0.05) is 12.1 Å². The van der Waals surface area contributed by atoms with E-state index in [0.717, 1.165) is 0 Å². The Hall–Kier alpha value is -1.11. The maximum Gasteiger partial charge on any atom is 0.244 e. The SMILES string of the molecule is COc1ccccc1S(=O)(=O)NC(C)(CN)C(C)C. The van der Waals surface area contributed by atoms with Gasteiger partial charge in [0.2, 0.25) is 10.0 Å². The summed E-state index contributed by atoms with van der Waals surface area (Å²) >= 11 is 0. The van der Waals surface area contributed by atoms with Crippen molar-refractivity contribution in [1.29, 1.82) is 0 Å². The highest BCUT2D eigenvalue weighted by molar-refractivity contribution is 7.89. The number of benzene rings is 1. The molecule has 1 aromatic carbocycles. The summed E-state index contributed by atoms with van der Waals surface area (Å²) in [7, 11) is -2.23. The molecule has 0 bridgehead atoms. The number of hydrogen-bond donors (Lipinski definition) is 2. The summed E-state index contributed by atoms with van der Waals surface area (Å²) in [6, 6.07) is 6.51. The van der Waals surface area contributed by atoms with Gasteiger partial charge in [-0.05, 0) is 25.0 Å². The second kappa shape index (κ2) is 5.90. The van der Waals surface area contributed by atoms with Crippen molar-refractivity contribution in [2.75, 3.05) is 13.7 Å². The second-order valence-corrected chi connectivity index (χ2v) is 6.68. The first-order valence-electron chi connectivity index (χ1n) is 6.14. The smallest absolute Gasteiger partial charge is 0.244 e. The third kappa shape index (κ3) is 3.46. The Bertz CT molecular complexity index is 528. The minimum Gasteiger partial charge on any atom is -0.495 e. The van der Waals surface area contributed by atoms with Crippen LogP contribution in [0.3, 0.4) is 0 Å². The van der Waals surface area contributed by atoms with Gasteiger partial charge in [0.15, 0.2) is 0 Å². The third-order valence-corrected chi connectivity index (χ3v) is 5.08. The third-order valence-electron chi connectivity index (χ3n) is 3.42. The van der Waals surface area contributed by atoms with Crippen molar-refractivity contribution in [3.63, 3.8) is 0 Å². The highest BCUT2D eigenvalue weighted by atomic mass is 32.2. The Labute approximate surface area is 115 Å². The first kappa shape index (κ1) is 15.9. The average molecular weight is 286 g/mol. The quantitative estimate of drug-likeness (QED) is 0.827. The summed E-state index contributed by atoms with van der Waals surface area (Å²) in [5, 5.41) is 0. The van der Waals surface area contributed by atoms with Crippen LogP contribution in [-0.4, -0.2) is 27.6 Å². The molecule has 0 aliphatic heterocycles. The molecule has 0 spiro atoms. The zero-order valence-electron chi connectivity index (χ0n) is 11.8. The standard InChI is InChI=1S/C13H22N2O3S/c1-10(2)13(3,9-14)15-19(16,17)12-8-6-5-7-11(12)18-4/h5-8,10,15H,9,14H2,1-4H3. The summed E-state index contributed by atoms with van der Waals surface area (Å²) < 4.78 is 32.7. The molecule has 0 aliphatic rings. The molecular weight excluding hydrogens is 264 g/mol. The minimum absolute atomic E-state index is 0.0713. The molecule has 1 aromatic rings. The fourth-order valence-corrected chi connectivity index (χ4v) is 3.31. The van der Waals surface area contributed by atoms with Crippen molar-refractivity contribution >= 4 is 10.0 Å². The van der Waals surface area contributed by atoms with E-state index in [9.17, 15) is 8.42 Å². The lowest BCUT2D eigenvalue weighted by Crippen LogP contribution is -2.54. The van der Waals surface area contributed by atoms with E-state index in [0.29, 0.717) is 5.75 Å². The van der Waals surface area contributed by atoms with Crippen LogP contribution in [0, 0.1) is 5.92 Å². The molecule has 1 rings (SSSR count). The van der Waals surface area contributed by atoms with Crippen molar-refractivity contribution in [2.45, 2.75) is 31.2 Å². The van der Waals surface area contributed by atoms with Gasteiger partial charge < -0.3 is 10.5 Å². The monoisotopic (exact) mass is 286 g/mol. The minimum atomic E-state index is -3.67. The van der Waals surface area contributed by atoms with Crippen LogP contribution in [0.5, 0.6) is 5.75 Å². The van der Waals surface area contributed by atoms with Gasteiger partial charge in [-0.3, -0.25) is 0 Å². The Balaban J connectivity index is 3.18. The summed E-state index contributed by atoms with van der Waals surface area (Å²) in [4.78, 5) is 0.123. The Morgan fingerprint density at radius 3 is 2.42 bits per heavy atom. The average Bonchev–Trinajstić information content (AvgIpc) is 2.37. The molecule has 0 aromatic heterocycles. The number of hydrogen-bond acceptors (Lipinski definition) is 4. The highest BCUT2D eigenvalue weighted by Crippen LogP contribution is 2.25. The number of nitrogens with two attached hydrogens (primary N) is 1. The van der Waals surface area contributed by atoms with Crippen molar-refractivity contribution < 1.29 is 13.2 Å². The van der Waals surface area contributed by atoms with E-state index in [1.807, 2.05) is 13.8 Å². The van der Waals surface area contributed by atoms with Crippen molar-refractivity contribution in [3.8, 4) is 5.75 Å². The van der Waals surface area contributed by atoms with Crippen LogP contribution in [0.4, 0.5) is 0 Å². The predicted molar refractivity (Wildman–Crippen MR) is 75.6 cm³/mol. The Morgan fingerprint density at radius 2 is 1.95 bits per heavy atom. The van der Waals surface area contributed by atoms with E-state index in [-0.39, 0.29) is 17.4 Å².